The largest absolute Gasteiger partial charge is 0.333 e. The summed E-state index contributed by atoms with van der Waals surface area (Å²) >= 11 is 1.62. The van der Waals surface area contributed by atoms with Crippen molar-refractivity contribution in [3.63, 3.8) is 0 Å². The van der Waals surface area contributed by atoms with Crippen molar-refractivity contribution in [1.82, 2.24) is 10.2 Å². The summed E-state index contributed by atoms with van der Waals surface area (Å²) in [4.78, 5) is 28.2. The van der Waals surface area contributed by atoms with Crippen LogP contribution >= 0.6 is 11.3 Å². The number of carbonyl (C=O) groups is 2. The van der Waals surface area contributed by atoms with Gasteiger partial charge in [0.15, 0.2) is 0 Å². The molecule has 6 heteroatoms. The first kappa shape index (κ1) is 18.5. The highest BCUT2D eigenvalue weighted by Gasteiger charge is 2.28. The van der Waals surface area contributed by atoms with Crippen LogP contribution in [0.15, 0.2) is 60.0 Å². The van der Waals surface area contributed by atoms with E-state index in [1.807, 2.05) is 60.0 Å². The number of nitrogens with zero attached hydrogens (tertiary/aromatic N) is 1. The number of urea groups is 1. The molecule has 1 aliphatic heterocycles. The number of carbonyl (C=O) groups excluding carboxylic acids is 2. The number of fused-ring (bicyclic) bond motifs is 1. The van der Waals surface area contributed by atoms with E-state index in [9.17, 15) is 9.59 Å². The Hall–Kier alpha value is -2.86. The molecule has 1 fully saturated rings. The Labute approximate surface area is 168 Å². The number of hydrogen-bond acceptors (Lipinski definition) is 3. The van der Waals surface area contributed by atoms with Gasteiger partial charge in [-0.1, -0.05) is 42.5 Å². The van der Waals surface area contributed by atoms with Crippen LogP contribution in [0, 0.1) is 5.92 Å². The van der Waals surface area contributed by atoms with Crippen LogP contribution in [0.5, 0.6) is 0 Å². The first-order valence-corrected chi connectivity index (χ1v) is 10.4. The zero-order chi connectivity index (χ0) is 19.3. The number of benzene rings is 2. The third-order valence-electron chi connectivity index (χ3n) is 5.12. The molecule has 1 aromatic heterocycles. The maximum absolute atomic E-state index is 12.9. The lowest BCUT2D eigenvalue weighted by Gasteiger charge is -2.32. The van der Waals surface area contributed by atoms with Crippen LogP contribution in [0.25, 0.3) is 10.8 Å². The molecule has 5 nitrogen and oxygen atoms in total. The van der Waals surface area contributed by atoms with Crippen molar-refractivity contribution >= 4 is 39.7 Å². The summed E-state index contributed by atoms with van der Waals surface area (Å²) in [6.07, 6.45) is 1.63. The molecule has 3 amide bonds. The molecular formula is C22H23N3O2S. The van der Waals surface area contributed by atoms with E-state index in [1.165, 1.54) is 0 Å². The summed E-state index contributed by atoms with van der Waals surface area (Å²) in [7, 11) is 0. The molecule has 1 atom stereocenters. The molecule has 144 valence electrons. The van der Waals surface area contributed by atoms with Gasteiger partial charge >= 0.3 is 6.03 Å². The van der Waals surface area contributed by atoms with Gasteiger partial charge in [-0.2, -0.15) is 0 Å². The Kier molecular flexibility index (Phi) is 5.58. The molecule has 1 saturated heterocycles. The van der Waals surface area contributed by atoms with E-state index < -0.39 is 0 Å². The third kappa shape index (κ3) is 4.17. The SMILES string of the molecule is O=C(Nc1cccc2ccccc12)C1CCCN(C(=O)NCc2cccs2)C1. The van der Waals surface area contributed by atoms with Crippen molar-refractivity contribution in [3.8, 4) is 0 Å². The summed E-state index contributed by atoms with van der Waals surface area (Å²) in [5.74, 6) is -0.215. The van der Waals surface area contributed by atoms with E-state index in [-0.39, 0.29) is 17.9 Å². The number of anilines is 1. The van der Waals surface area contributed by atoms with E-state index in [0.29, 0.717) is 19.6 Å². The molecule has 0 aliphatic carbocycles. The van der Waals surface area contributed by atoms with Gasteiger partial charge in [0.1, 0.15) is 0 Å². The van der Waals surface area contributed by atoms with Gasteiger partial charge in [-0.05, 0) is 35.7 Å². The highest BCUT2D eigenvalue weighted by molar-refractivity contribution is 7.09. The highest BCUT2D eigenvalue weighted by Crippen LogP contribution is 2.25. The molecule has 3 aromatic rings. The van der Waals surface area contributed by atoms with Crippen LogP contribution in [-0.2, 0) is 11.3 Å². The fourth-order valence-corrected chi connectivity index (χ4v) is 4.28. The minimum atomic E-state index is -0.194. The Bertz CT molecular complexity index is 966. The molecule has 4 rings (SSSR count). The number of rotatable bonds is 4. The van der Waals surface area contributed by atoms with Crippen LogP contribution in [0.3, 0.4) is 0 Å². The van der Waals surface area contributed by atoms with E-state index in [1.54, 1.807) is 16.2 Å². The van der Waals surface area contributed by atoms with Crippen LogP contribution in [0.4, 0.5) is 10.5 Å². The van der Waals surface area contributed by atoms with E-state index >= 15 is 0 Å². The van der Waals surface area contributed by atoms with E-state index in [4.69, 9.17) is 0 Å². The smallest absolute Gasteiger partial charge is 0.317 e. The van der Waals surface area contributed by atoms with Crippen molar-refractivity contribution in [1.29, 1.82) is 0 Å². The number of nitrogens with one attached hydrogen (secondary N) is 2. The minimum Gasteiger partial charge on any atom is -0.333 e. The lowest BCUT2D eigenvalue weighted by molar-refractivity contribution is -0.121. The zero-order valence-electron chi connectivity index (χ0n) is 15.6. The standard InChI is InChI=1S/C22H23N3O2S/c26-21(24-20-11-3-7-16-6-1-2-10-19(16)20)17-8-4-12-25(15-17)22(27)23-14-18-9-5-13-28-18/h1-3,5-7,9-11,13,17H,4,8,12,14-15H2,(H,23,27)(H,24,26). The van der Waals surface area contributed by atoms with Crippen LogP contribution in [0.1, 0.15) is 17.7 Å². The monoisotopic (exact) mass is 393 g/mol. The first-order valence-electron chi connectivity index (χ1n) is 9.54. The van der Waals surface area contributed by atoms with Crippen LogP contribution < -0.4 is 10.6 Å². The number of likely N-dealkylation sites (tertiary alicyclic amines) is 1. The lowest BCUT2D eigenvalue weighted by Crippen LogP contribution is -2.47. The van der Waals surface area contributed by atoms with Crippen molar-refractivity contribution in [2.24, 2.45) is 5.92 Å². The summed E-state index contributed by atoms with van der Waals surface area (Å²) in [5, 5.41) is 10.1. The van der Waals surface area contributed by atoms with Gasteiger partial charge in [0.05, 0.1) is 12.5 Å². The van der Waals surface area contributed by atoms with Gasteiger partial charge in [0.25, 0.3) is 0 Å². The van der Waals surface area contributed by atoms with E-state index in [2.05, 4.69) is 10.6 Å². The molecule has 0 spiro atoms. The van der Waals surface area contributed by atoms with Crippen LogP contribution in [-0.4, -0.2) is 29.9 Å². The minimum absolute atomic E-state index is 0.0212. The molecule has 0 saturated carbocycles. The van der Waals surface area contributed by atoms with Gasteiger partial charge in [0.2, 0.25) is 5.91 Å². The topological polar surface area (TPSA) is 61.4 Å². The Morgan fingerprint density at radius 1 is 1.07 bits per heavy atom. The second kappa shape index (κ2) is 8.44. The summed E-state index contributed by atoms with van der Waals surface area (Å²) in [5.41, 5.74) is 0.822. The van der Waals surface area contributed by atoms with Crippen molar-refractivity contribution in [3.05, 3.63) is 64.9 Å². The van der Waals surface area contributed by atoms with Crippen LogP contribution in [0.2, 0.25) is 0 Å². The fourth-order valence-electron chi connectivity index (χ4n) is 3.63. The molecule has 1 aliphatic rings. The zero-order valence-corrected chi connectivity index (χ0v) is 16.4. The summed E-state index contributed by atoms with van der Waals surface area (Å²) in [6, 6.07) is 17.8. The Morgan fingerprint density at radius 3 is 2.79 bits per heavy atom. The molecular weight excluding hydrogens is 370 g/mol. The molecule has 0 bridgehead atoms. The van der Waals surface area contributed by atoms with Crippen molar-refractivity contribution in [2.75, 3.05) is 18.4 Å². The average Bonchev–Trinajstić information content (AvgIpc) is 3.26. The van der Waals surface area contributed by atoms with E-state index in [0.717, 1.165) is 34.2 Å². The van der Waals surface area contributed by atoms with Gasteiger partial charge in [-0.25, -0.2) is 4.79 Å². The average molecular weight is 394 g/mol. The molecule has 2 aromatic carbocycles. The highest BCUT2D eigenvalue weighted by atomic mass is 32.1. The molecule has 0 radical (unpaired) electrons. The van der Waals surface area contributed by atoms with Crippen molar-refractivity contribution in [2.45, 2.75) is 19.4 Å². The number of amides is 3. The summed E-state index contributed by atoms with van der Waals surface area (Å²) < 4.78 is 0. The van der Waals surface area contributed by atoms with Gasteiger partial charge in [-0.15, -0.1) is 11.3 Å². The number of hydrogen-bond donors (Lipinski definition) is 2. The molecule has 2 heterocycles. The van der Waals surface area contributed by atoms with Gasteiger partial charge < -0.3 is 15.5 Å². The normalized spacial score (nSPS) is 16.7. The number of piperidine rings is 1. The van der Waals surface area contributed by atoms with Gasteiger partial charge in [-0.3, -0.25) is 4.79 Å². The second-order valence-electron chi connectivity index (χ2n) is 7.04. The maximum Gasteiger partial charge on any atom is 0.317 e. The summed E-state index contributed by atoms with van der Waals surface area (Å²) in [6.45, 7) is 1.67. The van der Waals surface area contributed by atoms with Crippen molar-refractivity contribution < 1.29 is 9.59 Å². The first-order chi connectivity index (χ1) is 13.7. The predicted molar refractivity (Wildman–Crippen MR) is 113 cm³/mol. The predicted octanol–water partition coefficient (Wildman–Crippen LogP) is 4.46. The third-order valence-corrected chi connectivity index (χ3v) is 6.00. The molecule has 1 unspecified atom stereocenters. The maximum atomic E-state index is 12.9. The molecule has 28 heavy (non-hydrogen) atoms. The Balaban J connectivity index is 1.38. The fraction of sp³-hybridized carbons (Fsp3) is 0.273. The number of thiophene rings is 1. The second-order valence-corrected chi connectivity index (χ2v) is 8.07. The molecule has 2 N–H and O–H groups in total. The van der Waals surface area contributed by atoms with Gasteiger partial charge in [0, 0.05) is 29.0 Å². The lowest BCUT2D eigenvalue weighted by atomic mass is 9.97. The quantitative estimate of drug-likeness (QED) is 0.687. The Morgan fingerprint density at radius 2 is 1.93 bits per heavy atom.